The van der Waals surface area contributed by atoms with Gasteiger partial charge >= 0.3 is 0 Å². The highest BCUT2D eigenvalue weighted by Gasteiger charge is 2.16. The number of hydrogen-bond donors (Lipinski definition) is 2. The van der Waals surface area contributed by atoms with Crippen LogP contribution in [0.2, 0.25) is 5.02 Å². The number of nitrogens with two attached hydrogens (primary N) is 1. The summed E-state index contributed by atoms with van der Waals surface area (Å²) in [6.07, 6.45) is 1.82. The van der Waals surface area contributed by atoms with E-state index in [0.29, 0.717) is 23.7 Å². The van der Waals surface area contributed by atoms with Crippen molar-refractivity contribution in [1.82, 2.24) is 9.88 Å². The highest BCUT2D eigenvalue weighted by molar-refractivity contribution is 6.30. The first-order valence-electron chi connectivity index (χ1n) is 7.47. The molecule has 0 atom stereocenters. The highest BCUT2D eigenvalue weighted by atomic mass is 35.5. The minimum absolute atomic E-state index is 0.0367. The van der Waals surface area contributed by atoms with Gasteiger partial charge in [-0.25, -0.2) is 0 Å². The third kappa shape index (κ3) is 3.70. The Balaban J connectivity index is 2.19. The molecule has 0 aliphatic heterocycles. The Hall–Kier alpha value is -1.78. The van der Waals surface area contributed by atoms with Crippen LogP contribution < -0.4 is 11.1 Å². The van der Waals surface area contributed by atoms with E-state index in [1.54, 1.807) is 0 Å². The van der Waals surface area contributed by atoms with Gasteiger partial charge in [0.2, 0.25) is 0 Å². The molecule has 1 heterocycles. The van der Waals surface area contributed by atoms with Crippen LogP contribution >= 0.6 is 11.6 Å². The number of halogens is 1. The molecule has 118 valence electrons. The fourth-order valence-electron chi connectivity index (χ4n) is 2.55. The first-order chi connectivity index (χ1) is 10.5. The van der Waals surface area contributed by atoms with E-state index in [1.807, 2.05) is 44.2 Å². The van der Waals surface area contributed by atoms with Crippen LogP contribution in [0.15, 0.2) is 30.3 Å². The Kier molecular flexibility index (Phi) is 5.63. The molecule has 0 saturated heterocycles. The number of nitrogens with zero attached hydrogens (tertiary/aromatic N) is 1. The first-order valence-corrected chi connectivity index (χ1v) is 7.85. The third-order valence-corrected chi connectivity index (χ3v) is 3.93. The lowest BCUT2D eigenvalue weighted by Crippen LogP contribution is -2.25. The van der Waals surface area contributed by atoms with Crippen LogP contribution in [0.1, 0.15) is 34.6 Å². The molecular formula is C17H22ClN3O. The average molecular weight is 320 g/mol. The summed E-state index contributed by atoms with van der Waals surface area (Å²) in [7, 11) is 0. The lowest BCUT2D eigenvalue weighted by Gasteiger charge is -2.10. The number of hydrogen-bond acceptors (Lipinski definition) is 2. The van der Waals surface area contributed by atoms with E-state index in [-0.39, 0.29) is 5.91 Å². The molecule has 0 fully saturated rings. The summed E-state index contributed by atoms with van der Waals surface area (Å²) in [6.45, 7) is 5.25. The summed E-state index contributed by atoms with van der Waals surface area (Å²) in [5.74, 6) is -0.0367. The molecule has 2 aromatic rings. The second-order valence-electron chi connectivity index (χ2n) is 5.35. The Morgan fingerprint density at radius 2 is 1.91 bits per heavy atom. The van der Waals surface area contributed by atoms with Gasteiger partial charge in [-0.2, -0.15) is 0 Å². The van der Waals surface area contributed by atoms with Gasteiger partial charge in [-0.15, -0.1) is 0 Å². The number of aromatic nitrogens is 1. The van der Waals surface area contributed by atoms with Crippen LogP contribution in [0.4, 0.5) is 0 Å². The minimum Gasteiger partial charge on any atom is -0.352 e. The average Bonchev–Trinajstić information content (AvgIpc) is 2.80. The van der Waals surface area contributed by atoms with Gasteiger partial charge in [-0.3, -0.25) is 4.79 Å². The normalized spacial score (nSPS) is 10.7. The zero-order chi connectivity index (χ0) is 16.1. The summed E-state index contributed by atoms with van der Waals surface area (Å²) >= 11 is 5.93. The number of amides is 1. The molecule has 22 heavy (non-hydrogen) atoms. The third-order valence-electron chi connectivity index (χ3n) is 3.68. The highest BCUT2D eigenvalue weighted by Crippen LogP contribution is 2.22. The quantitative estimate of drug-likeness (QED) is 0.803. The van der Waals surface area contributed by atoms with Crippen molar-refractivity contribution in [2.45, 2.75) is 26.7 Å². The molecule has 3 N–H and O–H groups in total. The summed E-state index contributed by atoms with van der Waals surface area (Å²) < 4.78 is 2.06. The van der Waals surface area contributed by atoms with E-state index in [4.69, 9.17) is 17.3 Å². The van der Waals surface area contributed by atoms with Gasteiger partial charge in [0.25, 0.3) is 5.91 Å². The van der Waals surface area contributed by atoms with Crippen molar-refractivity contribution < 1.29 is 4.79 Å². The predicted molar refractivity (Wildman–Crippen MR) is 90.9 cm³/mol. The van der Waals surface area contributed by atoms with Crippen LogP contribution in [0.25, 0.3) is 5.69 Å². The number of carbonyl (C=O) groups is 1. The second-order valence-corrected chi connectivity index (χ2v) is 5.78. The number of rotatable bonds is 6. The Morgan fingerprint density at radius 1 is 1.23 bits per heavy atom. The van der Waals surface area contributed by atoms with Crippen molar-refractivity contribution >= 4 is 17.5 Å². The van der Waals surface area contributed by atoms with E-state index in [9.17, 15) is 4.79 Å². The van der Waals surface area contributed by atoms with Gasteiger partial charge in [0.1, 0.15) is 0 Å². The molecule has 0 aliphatic carbocycles. The maximum atomic E-state index is 12.3. The number of unbranched alkanes of at least 4 members (excludes halogenated alkanes) is 1. The molecule has 1 amide bonds. The van der Waals surface area contributed by atoms with Crippen LogP contribution in [0.5, 0.6) is 0 Å². The van der Waals surface area contributed by atoms with Gasteiger partial charge in [0.05, 0.1) is 5.56 Å². The van der Waals surface area contributed by atoms with Crippen molar-refractivity contribution in [2.24, 2.45) is 5.73 Å². The molecule has 4 nitrogen and oxygen atoms in total. The Morgan fingerprint density at radius 3 is 2.55 bits per heavy atom. The molecule has 0 radical (unpaired) electrons. The van der Waals surface area contributed by atoms with Crippen LogP contribution in [0.3, 0.4) is 0 Å². The molecule has 1 aromatic heterocycles. The molecule has 0 spiro atoms. The maximum Gasteiger partial charge on any atom is 0.253 e. The standard InChI is InChI=1S/C17H22ClN3O/c1-12-11-16(17(22)20-10-4-3-9-19)13(2)21(12)15-7-5-14(18)6-8-15/h5-8,11H,3-4,9-10,19H2,1-2H3,(H,20,22). The smallest absolute Gasteiger partial charge is 0.253 e. The lowest BCUT2D eigenvalue weighted by atomic mass is 10.2. The van der Waals surface area contributed by atoms with Gasteiger partial charge < -0.3 is 15.6 Å². The van der Waals surface area contributed by atoms with E-state index < -0.39 is 0 Å². The molecule has 0 bridgehead atoms. The van der Waals surface area contributed by atoms with E-state index in [1.165, 1.54) is 0 Å². The maximum absolute atomic E-state index is 12.3. The summed E-state index contributed by atoms with van der Waals surface area (Å²) in [4.78, 5) is 12.3. The molecule has 5 heteroatoms. The number of carbonyl (C=O) groups excluding carboxylic acids is 1. The molecule has 0 saturated carbocycles. The van der Waals surface area contributed by atoms with Crippen molar-refractivity contribution in [2.75, 3.05) is 13.1 Å². The SMILES string of the molecule is Cc1cc(C(=O)NCCCCN)c(C)n1-c1ccc(Cl)cc1. The van der Waals surface area contributed by atoms with Crippen molar-refractivity contribution in [1.29, 1.82) is 0 Å². The summed E-state index contributed by atoms with van der Waals surface area (Å²) in [5, 5.41) is 3.65. The van der Waals surface area contributed by atoms with Gasteiger partial charge in [0.15, 0.2) is 0 Å². The zero-order valence-corrected chi connectivity index (χ0v) is 13.8. The topological polar surface area (TPSA) is 60.1 Å². The molecule has 1 aromatic carbocycles. The van der Waals surface area contributed by atoms with E-state index in [2.05, 4.69) is 9.88 Å². The minimum atomic E-state index is -0.0367. The lowest BCUT2D eigenvalue weighted by molar-refractivity contribution is 0.0952. The van der Waals surface area contributed by atoms with Crippen LogP contribution in [0, 0.1) is 13.8 Å². The Bertz CT molecular complexity index is 647. The van der Waals surface area contributed by atoms with Gasteiger partial charge in [-0.1, -0.05) is 11.6 Å². The fraction of sp³-hybridized carbons (Fsp3) is 0.353. The number of nitrogens with one attached hydrogen (secondary N) is 1. The summed E-state index contributed by atoms with van der Waals surface area (Å²) in [6, 6.07) is 9.52. The van der Waals surface area contributed by atoms with E-state index >= 15 is 0 Å². The number of aryl methyl sites for hydroxylation is 1. The van der Waals surface area contributed by atoms with Gasteiger partial charge in [-0.05, 0) is 63.6 Å². The molecule has 0 unspecified atom stereocenters. The Labute approximate surface area is 136 Å². The van der Waals surface area contributed by atoms with Gasteiger partial charge in [0, 0.05) is 28.6 Å². The second kappa shape index (κ2) is 7.47. The number of benzene rings is 1. The molecule has 0 aliphatic rings. The molecule has 2 rings (SSSR count). The van der Waals surface area contributed by atoms with Crippen LogP contribution in [-0.4, -0.2) is 23.6 Å². The largest absolute Gasteiger partial charge is 0.352 e. The van der Waals surface area contributed by atoms with E-state index in [0.717, 1.165) is 29.9 Å². The molecular weight excluding hydrogens is 298 g/mol. The van der Waals surface area contributed by atoms with Crippen molar-refractivity contribution in [3.8, 4) is 5.69 Å². The summed E-state index contributed by atoms with van der Waals surface area (Å²) in [5.41, 5.74) is 9.11. The fourth-order valence-corrected chi connectivity index (χ4v) is 2.67. The predicted octanol–water partition coefficient (Wildman–Crippen LogP) is 3.22. The zero-order valence-electron chi connectivity index (χ0n) is 13.0. The first kappa shape index (κ1) is 16.6. The van der Waals surface area contributed by atoms with Crippen molar-refractivity contribution in [3.05, 3.63) is 52.3 Å². The van der Waals surface area contributed by atoms with Crippen LogP contribution in [-0.2, 0) is 0 Å². The monoisotopic (exact) mass is 319 g/mol. The van der Waals surface area contributed by atoms with Crippen molar-refractivity contribution in [3.63, 3.8) is 0 Å².